The molecule has 0 amide bonds. The lowest BCUT2D eigenvalue weighted by Crippen LogP contribution is -2.18. The molecule has 0 bridgehead atoms. The first-order valence-corrected chi connectivity index (χ1v) is 6.02. The van der Waals surface area contributed by atoms with Gasteiger partial charge in [0.05, 0.1) is 12.6 Å². The number of hydrogen-bond donors (Lipinski definition) is 0. The molecule has 0 aromatic rings. The second-order valence-electron chi connectivity index (χ2n) is 5.61. The summed E-state index contributed by atoms with van der Waals surface area (Å²) in [6, 6.07) is -0.236. The zero-order valence-electron chi connectivity index (χ0n) is 11.2. The van der Waals surface area contributed by atoms with Gasteiger partial charge in [0.25, 0.3) is 0 Å². The van der Waals surface area contributed by atoms with E-state index in [4.69, 9.17) is 0 Å². The number of aliphatic imine (C=N–C) groups is 2. The molecule has 0 aliphatic carbocycles. The van der Waals surface area contributed by atoms with Crippen LogP contribution in [0.25, 0.3) is 0 Å². The highest BCUT2D eigenvalue weighted by molar-refractivity contribution is 5.35. The summed E-state index contributed by atoms with van der Waals surface area (Å²) in [6.07, 6.45) is 5.84. The Kier molecular flexibility index (Phi) is 7.36. The van der Waals surface area contributed by atoms with Crippen LogP contribution in [0.4, 0.5) is 0 Å². The number of rotatable bonds is 8. The van der Waals surface area contributed by atoms with Crippen LogP contribution in [-0.4, -0.2) is 24.7 Å². The van der Waals surface area contributed by atoms with E-state index in [1.54, 1.807) is 0 Å². The molecule has 0 saturated heterocycles. The van der Waals surface area contributed by atoms with Crippen LogP contribution < -0.4 is 0 Å². The van der Waals surface area contributed by atoms with Crippen molar-refractivity contribution in [2.24, 2.45) is 21.3 Å². The van der Waals surface area contributed by atoms with Crippen LogP contribution in [0, 0.1) is 11.3 Å². The second kappa shape index (κ2) is 7.94. The highest BCUT2D eigenvalue weighted by Gasteiger charge is 2.21. The molecule has 0 aromatic carbocycles. The summed E-state index contributed by atoms with van der Waals surface area (Å²) in [5.74, 6) is 0.644. The van der Waals surface area contributed by atoms with Crippen molar-refractivity contribution in [2.75, 3.05) is 6.54 Å². The Morgan fingerprint density at radius 3 is 2.29 bits per heavy atom. The molecule has 0 spiro atoms. The Bertz CT molecular complexity index is 311. The van der Waals surface area contributed by atoms with E-state index >= 15 is 0 Å². The van der Waals surface area contributed by atoms with E-state index in [1.807, 2.05) is 0 Å². The molecule has 0 N–H and O–H groups in total. The van der Waals surface area contributed by atoms with Gasteiger partial charge < -0.3 is 0 Å². The van der Waals surface area contributed by atoms with Crippen LogP contribution in [0.15, 0.2) is 9.98 Å². The SMILES string of the molecule is CC(C)CC(C)(C)CCC(CN=C=O)N=C=O. The van der Waals surface area contributed by atoms with Gasteiger partial charge in [0.15, 0.2) is 0 Å². The molecule has 0 heterocycles. The quantitative estimate of drug-likeness (QED) is 0.482. The molecule has 4 heteroatoms. The average Bonchev–Trinajstić information content (AvgIpc) is 2.20. The van der Waals surface area contributed by atoms with Gasteiger partial charge in [-0.05, 0) is 30.6 Å². The number of carbonyl (C=O) groups excluding carboxylic acids is 2. The fourth-order valence-corrected chi connectivity index (χ4v) is 2.18. The molecule has 0 aliphatic heterocycles. The van der Waals surface area contributed by atoms with E-state index in [1.165, 1.54) is 12.2 Å². The van der Waals surface area contributed by atoms with Gasteiger partial charge in [-0.3, -0.25) is 0 Å². The van der Waals surface area contributed by atoms with Gasteiger partial charge in [-0.15, -0.1) is 0 Å². The first-order chi connectivity index (χ1) is 7.91. The molecule has 96 valence electrons. The minimum atomic E-state index is -0.236. The Hall–Kier alpha value is -1.24. The minimum absolute atomic E-state index is 0.218. The van der Waals surface area contributed by atoms with Crippen molar-refractivity contribution in [1.82, 2.24) is 0 Å². The topological polar surface area (TPSA) is 58.9 Å². The van der Waals surface area contributed by atoms with Crippen molar-refractivity contribution in [3.8, 4) is 0 Å². The molecule has 1 atom stereocenters. The van der Waals surface area contributed by atoms with Crippen molar-refractivity contribution in [1.29, 1.82) is 0 Å². The molecule has 0 radical (unpaired) electrons. The third-order valence-corrected chi connectivity index (χ3v) is 2.72. The van der Waals surface area contributed by atoms with E-state index in [0.717, 1.165) is 19.3 Å². The van der Waals surface area contributed by atoms with Crippen molar-refractivity contribution in [3.63, 3.8) is 0 Å². The van der Waals surface area contributed by atoms with Crippen molar-refractivity contribution < 1.29 is 9.59 Å². The molecule has 4 nitrogen and oxygen atoms in total. The molecule has 0 aliphatic rings. The third-order valence-electron chi connectivity index (χ3n) is 2.72. The fourth-order valence-electron chi connectivity index (χ4n) is 2.18. The smallest absolute Gasteiger partial charge is 0.211 e. The third kappa shape index (κ3) is 8.56. The van der Waals surface area contributed by atoms with Gasteiger partial charge in [-0.1, -0.05) is 27.7 Å². The summed E-state index contributed by atoms with van der Waals surface area (Å²) in [5, 5.41) is 0. The van der Waals surface area contributed by atoms with Gasteiger partial charge in [0.2, 0.25) is 12.2 Å². The Labute approximate surface area is 103 Å². The van der Waals surface area contributed by atoms with Gasteiger partial charge in [0.1, 0.15) is 0 Å². The maximum atomic E-state index is 10.2. The molecule has 0 aromatic heterocycles. The zero-order chi connectivity index (χ0) is 13.3. The highest BCUT2D eigenvalue weighted by atomic mass is 16.1. The van der Waals surface area contributed by atoms with Gasteiger partial charge in [0, 0.05) is 0 Å². The normalized spacial score (nSPS) is 12.8. The number of nitrogens with zero attached hydrogens (tertiary/aromatic N) is 2. The molecule has 0 rings (SSSR count). The molecule has 0 fully saturated rings. The summed E-state index contributed by atoms with van der Waals surface area (Å²) in [5.41, 5.74) is 0.218. The lowest BCUT2D eigenvalue weighted by atomic mass is 9.79. The molecule has 0 saturated carbocycles. The first kappa shape index (κ1) is 15.8. The Morgan fingerprint density at radius 1 is 1.18 bits per heavy atom. The summed E-state index contributed by atoms with van der Waals surface area (Å²) in [4.78, 5) is 27.4. The summed E-state index contributed by atoms with van der Waals surface area (Å²) < 4.78 is 0. The molecule has 1 unspecified atom stereocenters. The Balaban J connectivity index is 4.27. The predicted octanol–water partition coefficient (Wildman–Crippen LogP) is 2.88. The summed E-state index contributed by atoms with van der Waals surface area (Å²) >= 11 is 0. The molecule has 17 heavy (non-hydrogen) atoms. The van der Waals surface area contributed by atoms with E-state index in [9.17, 15) is 9.59 Å². The lowest BCUT2D eigenvalue weighted by Gasteiger charge is -2.27. The first-order valence-electron chi connectivity index (χ1n) is 6.02. The monoisotopic (exact) mass is 238 g/mol. The van der Waals surface area contributed by atoms with Crippen molar-refractivity contribution in [2.45, 2.75) is 53.0 Å². The molecular weight excluding hydrogens is 216 g/mol. The maximum Gasteiger partial charge on any atom is 0.235 e. The van der Waals surface area contributed by atoms with Crippen LogP contribution in [-0.2, 0) is 9.59 Å². The van der Waals surface area contributed by atoms with E-state index in [2.05, 4.69) is 37.7 Å². The van der Waals surface area contributed by atoms with Gasteiger partial charge >= 0.3 is 0 Å². The maximum absolute atomic E-state index is 10.2. The predicted molar refractivity (Wildman–Crippen MR) is 67.4 cm³/mol. The standard InChI is InChI=1S/C13H22N2O2/c1-11(2)7-13(3,4)6-5-12(15-10-17)8-14-9-16/h11-12H,5-8H2,1-4H3. The van der Waals surface area contributed by atoms with E-state index < -0.39 is 0 Å². The number of isocyanates is 2. The highest BCUT2D eigenvalue weighted by Crippen LogP contribution is 2.31. The lowest BCUT2D eigenvalue weighted by molar-refractivity contribution is 0.253. The summed E-state index contributed by atoms with van der Waals surface area (Å²) in [6.45, 7) is 9.03. The number of hydrogen-bond acceptors (Lipinski definition) is 4. The van der Waals surface area contributed by atoms with Crippen LogP contribution in [0.2, 0.25) is 0 Å². The van der Waals surface area contributed by atoms with Crippen LogP contribution in [0.3, 0.4) is 0 Å². The van der Waals surface area contributed by atoms with Crippen molar-refractivity contribution in [3.05, 3.63) is 0 Å². The average molecular weight is 238 g/mol. The van der Waals surface area contributed by atoms with E-state index in [-0.39, 0.29) is 18.0 Å². The largest absolute Gasteiger partial charge is 0.235 e. The minimum Gasteiger partial charge on any atom is -0.211 e. The van der Waals surface area contributed by atoms with Gasteiger partial charge in [-0.2, -0.15) is 0 Å². The van der Waals surface area contributed by atoms with Crippen LogP contribution in [0.1, 0.15) is 47.0 Å². The second-order valence-corrected chi connectivity index (χ2v) is 5.61. The van der Waals surface area contributed by atoms with Gasteiger partial charge in [-0.25, -0.2) is 19.6 Å². The fraction of sp³-hybridized carbons (Fsp3) is 0.846. The zero-order valence-corrected chi connectivity index (χ0v) is 11.2. The van der Waals surface area contributed by atoms with Crippen LogP contribution >= 0.6 is 0 Å². The summed E-state index contributed by atoms with van der Waals surface area (Å²) in [7, 11) is 0. The Morgan fingerprint density at radius 2 is 1.82 bits per heavy atom. The van der Waals surface area contributed by atoms with Crippen molar-refractivity contribution >= 4 is 12.2 Å². The van der Waals surface area contributed by atoms with Crippen LogP contribution in [0.5, 0.6) is 0 Å². The molecular formula is C13H22N2O2. The van der Waals surface area contributed by atoms with E-state index in [0.29, 0.717) is 5.92 Å².